The predicted octanol–water partition coefficient (Wildman–Crippen LogP) is -1.44. The van der Waals surface area contributed by atoms with Crippen molar-refractivity contribution in [2.75, 3.05) is 5.94 Å². The first-order valence-corrected chi connectivity index (χ1v) is 2.39. The molecule has 0 aliphatic heterocycles. The monoisotopic (exact) mass is 95.0 g/mol. The molecule has 0 aromatic rings. The highest BCUT2D eigenvalue weighted by molar-refractivity contribution is 7.82. The molecule has 0 amide bonds. The third-order valence-corrected chi connectivity index (χ3v) is 0.382. The first kappa shape index (κ1) is 5.07. The summed E-state index contributed by atoms with van der Waals surface area (Å²) in [5.74, 6) is -0.444. The van der Waals surface area contributed by atoms with E-state index in [2.05, 4.69) is 5.14 Å². The van der Waals surface area contributed by atoms with Crippen LogP contribution in [0.25, 0.3) is 0 Å². The zero-order valence-corrected chi connectivity index (χ0v) is 3.36. The lowest BCUT2D eigenvalue weighted by atomic mass is 11.7. The second-order valence-electron chi connectivity index (χ2n) is 0.510. The lowest BCUT2D eigenvalue weighted by Crippen LogP contribution is -2.05. The summed E-state index contributed by atoms with van der Waals surface area (Å²) in [5.41, 5.74) is 0. The summed E-state index contributed by atoms with van der Waals surface area (Å²) < 4.78 is 9.45. The normalized spacial score (nSPS) is 14.8. The van der Waals surface area contributed by atoms with E-state index in [0.717, 1.165) is 0 Å². The van der Waals surface area contributed by atoms with Gasteiger partial charge in [-0.3, -0.25) is 0 Å². The minimum Gasteiger partial charge on any atom is -0.382 e. The molecule has 0 aliphatic rings. The molecule has 3 N–H and O–H groups in total. The molecule has 0 radical (unpaired) electrons. The molecule has 0 rings (SSSR count). The van der Waals surface area contributed by atoms with E-state index in [1.165, 1.54) is 0 Å². The van der Waals surface area contributed by atoms with Crippen LogP contribution in [0.15, 0.2) is 0 Å². The van der Waals surface area contributed by atoms with Crippen molar-refractivity contribution in [3.8, 4) is 0 Å². The largest absolute Gasteiger partial charge is 0.382 e. The zero-order valence-electron chi connectivity index (χ0n) is 2.55. The molecule has 4 heteroatoms. The summed E-state index contributed by atoms with van der Waals surface area (Å²) in [5, 5.41) is 12.2. The third kappa shape index (κ3) is 4.07. The lowest BCUT2D eigenvalue weighted by molar-refractivity contribution is 0.368. The Morgan fingerprint density at radius 1 is 2.00 bits per heavy atom. The molecule has 0 heterocycles. The Kier molecular flexibility index (Phi) is 2.35. The molecule has 0 saturated carbocycles. The van der Waals surface area contributed by atoms with E-state index >= 15 is 0 Å². The maximum atomic E-state index is 9.45. The summed E-state index contributed by atoms with van der Waals surface area (Å²) in [6, 6.07) is 0. The average molecular weight is 95.1 g/mol. The summed E-state index contributed by atoms with van der Waals surface area (Å²) in [6.07, 6.45) is 0. The summed E-state index contributed by atoms with van der Waals surface area (Å²) in [6.45, 7) is 0. The molecular weight excluding hydrogens is 90.1 g/mol. The molecule has 3 nitrogen and oxygen atoms in total. The first-order chi connectivity index (χ1) is 2.27. The minimum absolute atomic E-state index is 0.444. The maximum Gasteiger partial charge on any atom is 0.132 e. The molecule has 0 fully saturated rings. The number of hydrogen-bond acceptors (Lipinski definition) is 2. The summed E-state index contributed by atoms with van der Waals surface area (Å²) >= 11 is 0. The Morgan fingerprint density at radius 3 is 2.20 bits per heavy atom. The molecule has 1 atom stereocenters. The second kappa shape index (κ2) is 2.32. The van der Waals surface area contributed by atoms with E-state index in [4.69, 9.17) is 5.11 Å². The SMILES string of the molecule is NS(=O)CO. The summed E-state index contributed by atoms with van der Waals surface area (Å²) in [7, 11) is -1.52. The van der Waals surface area contributed by atoms with E-state index in [1.54, 1.807) is 0 Å². The first-order valence-electron chi connectivity index (χ1n) is 1.01. The van der Waals surface area contributed by atoms with Gasteiger partial charge < -0.3 is 5.11 Å². The topological polar surface area (TPSA) is 63.3 Å². The van der Waals surface area contributed by atoms with Gasteiger partial charge in [0.2, 0.25) is 0 Å². The number of hydrogen-bond donors (Lipinski definition) is 2. The highest BCUT2D eigenvalue weighted by atomic mass is 32.2. The Labute approximate surface area is 32.4 Å². The van der Waals surface area contributed by atoms with Crippen LogP contribution in [0.1, 0.15) is 0 Å². The van der Waals surface area contributed by atoms with Crippen molar-refractivity contribution in [1.29, 1.82) is 0 Å². The lowest BCUT2D eigenvalue weighted by Gasteiger charge is -1.75. The molecule has 0 aliphatic carbocycles. The van der Waals surface area contributed by atoms with Crippen molar-refractivity contribution in [3.63, 3.8) is 0 Å². The smallest absolute Gasteiger partial charge is 0.132 e. The van der Waals surface area contributed by atoms with Crippen LogP contribution in [-0.2, 0) is 11.0 Å². The summed E-state index contributed by atoms with van der Waals surface area (Å²) in [4.78, 5) is 0. The Balaban J connectivity index is 2.85. The van der Waals surface area contributed by atoms with Gasteiger partial charge in [-0.1, -0.05) is 0 Å². The highest BCUT2D eigenvalue weighted by Crippen LogP contribution is 1.52. The van der Waals surface area contributed by atoms with Crippen LogP contribution in [0, 0.1) is 0 Å². The van der Waals surface area contributed by atoms with Gasteiger partial charge in [0.05, 0.1) is 0 Å². The van der Waals surface area contributed by atoms with Gasteiger partial charge in [-0.25, -0.2) is 9.35 Å². The van der Waals surface area contributed by atoms with Crippen LogP contribution in [0.4, 0.5) is 0 Å². The van der Waals surface area contributed by atoms with Crippen LogP contribution in [0.5, 0.6) is 0 Å². The van der Waals surface area contributed by atoms with Crippen LogP contribution in [0.2, 0.25) is 0 Å². The standard InChI is InChI=1S/CH5NO2S/c2-5(4)1-3/h3H,1-2H2. The predicted molar refractivity (Wildman–Crippen MR) is 19.4 cm³/mol. The quantitative estimate of drug-likeness (QED) is 0.419. The van der Waals surface area contributed by atoms with E-state index in [0.29, 0.717) is 0 Å². The van der Waals surface area contributed by atoms with E-state index in [1.807, 2.05) is 0 Å². The number of nitrogens with two attached hydrogens (primary N) is 1. The van der Waals surface area contributed by atoms with Gasteiger partial charge in [0.25, 0.3) is 0 Å². The molecule has 0 aromatic heterocycles. The number of aliphatic hydroxyl groups excluding tert-OH is 1. The average Bonchev–Trinajstić information content (AvgIpc) is 1.38. The van der Waals surface area contributed by atoms with Crippen LogP contribution in [0.3, 0.4) is 0 Å². The van der Waals surface area contributed by atoms with Crippen molar-refractivity contribution in [2.45, 2.75) is 0 Å². The Hall–Kier alpha value is 0.0700. The molecular formula is CH5NO2S. The van der Waals surface area contributed by atoms with Crippen molar-refractivity contribution >= 4 is 11.0 Å². The van der Waals surface area contributed by atoms with Crippen LogP contribution in [-0.4, -0.2) is 15.3 Å². The van der Waals surface area contributed by atoms with Gasteiger partial charge in [-0.2, -0.15) is 0 Å². The van der Waals surface area contributed by atoms with Crippen molar-refractivity contribution < 1.29 is 9.32 Å². The molecule has 0 saturated heterocycles. The zero-order chi connectivity index (χ0) is 4.28. The Morgan fingerprint density at radius 2 is 2.20 bits per heavy atom. The molecule has 0 spiro atoms. The van der Waals surface area contributed by atoms with Gasteiger partial charge in [0.1, 0.15) is 16.9 Å². The molecule has 5 heavy (non-hydrogen) atoms. The molecule has 0 bridgehead atoms. The molecule has 0 aromatic carbocycles. The molecule has 1 unspecified atom stereocenters. The fourth-order valence-electron chi connectivity index (χ4n) is 0. The van der Waals surface area contributed by atoms with Gasteiger partial charge in [0, 0.05) is 0 Å². The Bertz CT molecular complexity index is 44.9. The van der Waals surface area contributed by atoms with Crippen molar-refractivity contribution in [2.24, 2.45) is 5.14 Å². The van der Waals surface area contributed by atoms with E-state index in [-0.39, 0.29) is 0 Å². The van der Waals surface area contributed by atoms with Crippen LogP contribution >= 0.6 is 0 Å². The second-order valence-corrected chi connectivity index (χ2v) is 1.53. The van der Waals surface area contributed by atoms with E-state index in [9.17, 15) is 4.21 Å². The fourth-order valence-corrected chi connectivity index (χ4v) is 0. The van der Waals surface area contributed by atoms with Gasteiger partial charge >= 0.3 is 0 Å². The maximum absolute atomic E-state index is 9.45. The van der Waals surface area contributed by atoms with Gasteiger partial charge in [-0.15, -0.1) is 0 Å². The highest BCUT2D eigenvalue weighted by Gasteiger charge is 1.75. The number of aliphatic hydroxyl groups is 1. The van der Waals surface area contributed by atoms with Crippen LogP contribution < -0.4 is 5.14 Å². The van der Waals surface area contributed by atoms with E-state index < -0.39 is 16.9 Å². The fraction of sp³-hybridized carbons (Fsp3) is 1.00. The van der Waals surface area contributed by atoms with Crippen molar-refractivity contribution in [1.82, 2.24) is 0 Å². The number of rotatable bonds is 1. The van der Waals surface area contributed by atoms with Gasteiger partial charge in [0.15, 0.2) is 0 Å². The van der Waals surface area contributed by atoms with Gasteiger partial charge in [-0.05, 0) is 0 Å². The molecule has 32 valence electrons. The third-order valence-electron chi connectivity index (χ3n) is 0.127. The minimum atomic E-state index is -1.52. The van der Waals surface area contributed by atoms with Crippen molar-refractivity contribution in [3.05, 3.63) is 0 Å².